The van der Waals surface area contributed by atoms with Crippen LogP contribution in [-0.4, -0.2) is 24.6 Å². The van der Waals surface area contributed by atoms with Crippen molar-refractivity contribution < 1.29 is 13.2 Å². The minimum absolute atomic E-state index is 0.00293. The number of aromatic nitrogens is 1. The number of hydrogen-bond acceptors (Lipinski definition) is 4. The van der Waals surface area contributed by atoms with Crippen LogP contribution in [0.3, 0.4) is 0 Å². The Morgan fingerprint density at radius 1 is 1.14 bits per heavy atom. The van der Waals surface area contributed by atoms with Gasteiger partial charge in [-0.05, 0) is 53.1 Å². The fourth-order valence-electron chi connectivity index (χ4n) is 3.41. The average Bonchev–Trinajstić information content (AvgIpc) is 3.23. The number of carbonyl (C=O) groups is 1. The molecule has 1 amide bonds. The molecule has 0 spiro atoms. The van der Waals surface area contributed by atoms with Crippen LogP contribution in [0.5, 0.6) is 0 Å². The summed E-state index contributed by atoms with van der Waals surface area (Å²) >= 11 is 7.85. The smallest absolute Gasteiger partial charge is 0.237 e. The van der Waals surface area contributed by atoms with E-state index in [0.29, 0.717) is 11.6 Å². The normalized spacial score (nSPS) is 11.9. The number of para-hydroxylation sites is 1. The number of fused-ring (bicyclic) bond motifs is 2. The van der Waals surface area contributed by atoms with Gasteiger partial charge >= 0.3 is 0 Å². The Morgan fingerprint density at radius 2 is 1.93 bits per heavy atom. The molecular formula is C21H19ClN2O3S2. The van der Waals surface area contributed by atoms with Crippen LogP contribution in [0.4, 0.5) is 0 Å². The zero-order valence-electron chi connectivity index (χ0n) is 15.7. The molecule has 0 aliphatic carbocycles. The van der Waals surface area contributed by atoms with Crippen molar-refractivity contribution in [2.45, 2.75) is 19.9 Å². The van der Waals surface area contributed by atoms with E-state index in [0.717, 1.165) is 27.4 Å². The monoisotopic (exact) mass is 446 g/mol. The van der Waals surface area contributed by atoms with Crippen molar-refractivity contribution >= 4 is 59.9 Å². The number of benzene rings is 2. The summed E-state index contributed by atoms with van der Waals surface area (Å²) in [4.78, 5) is 12.3. The molecule has 8 heteroatoms. The first-order valence-electron chi connectivity index (χ1n) is 9.12. The predicted molar refractivity (Wildman–Crippen MR) is 119 cm³/mol. The standard InChI is InChI=1S/C21H19ClN2O3S2/c1-2-29(26,27)23-21(25)9-14-11-24(19-6-4-3-5-17(14)19)12-15-13-28-20-8-7-16(22)10-18(15)20/h3-8,10-11,13H,2,9,12H2,1H3,(H,23,25). The maximum atomic E-state index is 12.3. The highest BCUT2D eigenvalue weighted by molar-refractivity contribution is 7.90. The molecule has 2 aromatic carbocycles. The SMILES string of the molecule is CCS(=O)(=O)NC(=O)Cc1cn(Cc2csc3ccc(Cl)cc23)c2ccccc12. The number of halogens is 1. The number of thiophene rings is 1. The fourth-order valence-corrected chi connectivity index (χ4v) is 5.08. The Balaban J connectivity index is 1.69. The third kappa shape index (κ3) is 4.17. The van der Waals surface area contributed by atoms with Crippen LogP contribution in [0.1, 0.15) is 18.1 Å². The van der Waals surface area contributed by atoms with Crippen molar-refractivity contribution in [3.05, 3.63) is 70.2 Å². The quantitative estimate of drug-likeness (QED) is 0.471. The number of rotatable bonds is 6. The van der Waals surface area contributed by atoms with Gasteiger partial charge in [-0.25, -0.2) is 8.42 Å². The molecule has 5 nitrogen and oxygen atoms in total. The third-order valence-electron chi connectivity index (χ3n) is 4.83. The third-order valence-corrected chi connectivity index (χ3v) is 7.37. The number of carbonyl (C=O) groups excluding carboxylic acids is 1. The van der Waals surface area contributed by atoms with Gasteiger partial charge in [-0.2, -0.15) is 0 Å². The Morgan fingerprint density at radius 3 is 2.72 bits per heavy atom. The highest BCUT2D eigenvalue weighted by Gasteiger charge is 2.16. The molecule has 150 valence electrons. The summed E-state index contributed by atoms with van der Waals surface area (Å²) in [5.74, 6) is -0.656. The van der Waals surface area contributed by atoms with E-state index < -0.39 is 15.9 Å². The molecule has 4 rings (SSSR count). The minimum Gasteiger partial charge on any atom is -0.343 e. The molecule has 0 bridgehead atoms. The predicted octanol–water partition coefficient (Wildman–Crippen LogP) is 4.57. The topological polar surface area (TPSA) is 68.2 Å². The summed E-state index contributed by atoms with van der Waals surface area (Å²) in [5.41, 5.74) is 2.94. The van der Waals surface area contributed by atoms with Crippen LogP contribution in [0.2, 0.25) is 5.02 Å². The summed E-state index contributed by atoms with van der Waals surface area (Å²) in [6.45, 7) is 2.13. The lowest BCUT2D eigenvalue weighted by molar-refractivity contribution is -0.118. The van der Waals surface area contributed by atoms with Crippen LogP contribution in [0, 0.1) is 0 Å². The molecule has 29 heavy (non-hydrogen) atoms. The lowest BCUT2D eigenvalue weighted by atomic mass is 10.1. The van der Waals surface area contributed by atoms with Gasteiger partial charge in [0.05, 0.1) is 12.2 Å². The number of amides is 1. The van der Waals surface area contributed by atoms with Crippen molar-refractivity contribution in [1.29, 1.82) is 0 Å². The molecule has 4 aromatic rings. The van der Waals surface area contributed by atoms with Crippen molar-refractivity contribution in [1.82, 2.24) is 9.29 Å². The first kappa shape index (κ1) is 19.9. The largest absolute Gasteiger partial charge is 0.343 e. The summed E-state index contributed by atoms with van der Waals surface area (Å²) in [7, 11) is -3.57. The molecule has 2 aromatic heterocycles. The van der Waals surface area contributed by atoms with E-state index in [1.54, 1.807) is 11.3 Å². The Kier molecular flexibility index (Phi) is 5.38. The maximum absolute atomic E-state index is 12.3. The molecule has 0 aliphatic rings. The van der Waals surface area contributed by atoms with Crippen molar-refractivity contribution in [2.75, 3.05) is 5.75 Å². The van der Waals surface area contributed by atoms with Crippen LogP contribution >= 0.6 is 22.9 Å². The van der Waals surface area contributed by atoms with E-state index in [4.69, 9.17) is 11.6 Å². The minimum atomic E-state index is -3.57. The van der Waals surface area contributed by atoms with Gasteiger partial charge in [0.15, 0.2) is 0 Å². The summed E-state index contributed by atoms with van der Waals surface area (Å²) < 4.78 is 28.7. The van der Waals surface area contributed by atoms with Crippen LogP contribution in [-0.2, 0) is 27.8 Å². The van der Waals surface area contributed by atoms with Gasteiger partial charge in [-0.15, -0.1) is 11.3 Å². The molecule has 1 N–H and O–H groups in total. The lowest BCUT2D eigenvalue weighted by Crippen LogP contribution is -2.32. The van der Waals surface area contributed by atoms with Gasteiger partial charge < -0.3 is 4.57 Å². The molecular weight excluding hydrogens is 428 g/mol. The molecule has 0 aliphatic heterocycles. The molecule has 0 atom stereocenters. The van der Waals surface area contributed by atoms with Crippen molar-refractivity contribution in [3.63, 3.8) is 0 Å². The van der Waals surface area contributed by atoms with E-state index in [1.807, 2.05) is 48.7 Å². The van der Waals surface area contributed by atoms with E-state index in [9.17, 15) is 13.2 Å². The van der Waals surface area contributed by atoms with E-state index >= 15 is 0 Å². The number of nitrogens with one attached hydrogen (secondary N) is 1. The van der Waals surface area contributed by atoms with Gasteiger partial charge in [-0.1, -0.05) is 29.8 Å². The van der Waals surface area contributed by atoms with E-state index in [-0.39, 0.29) is 12.2 Å². The van der Waals surface area contributed by atoms with E-state index in [1.165, 1.54) is 11.6 Å². The van der Waals surface area contributed by atoms with Gasteiger partial charge in [0.25, 0.3) is 0 Å². The highest BCUT2D eigenvalue weighted by atomic mass is 35.5. The fraction of sp³-hybridized carbons (Fsp3) is 0.190. The summed E-state index contributed by atoms with van der Waals surface area (Å²) in [6, 6.07) is 13.7. The van der Waals surface area contributed by atoms with Crippen LogP contribution < -0.4 is 4.72 Å². The first-order chi connectivity index (χ1) is 13.9. The Bertz CT molecular complexity index is 1320. The zero-order chi connectivity index (χ0) is 20.6. The molecule has 0 fully saturated rings. The second-order valence-corrected chi connectivity index (χ2v) is 10.2. The second kappa shape index (κ2) is 7.82. The van der Waals surface area contributed by atoms with Gasteiger partial charge in [0, 0.05) is 33.4 Å². The van der Waals surface area contributed by atoms with E-state index in [2.05, 4.69) is 14.7 Å². The van der Waals surface area contributed by atoms with Gasteiger partial charge in [0.1, 0.15) is 0 Å². The van der Waals surface area contributed by atoms with Crippen molar-refractivity contribution in [2.24, 2.45) is 0 Å². The molecule has 2 heterocycles. The van der Waals surface area contributed by atoms with Crippen LogP contribution in [0.15, 0.2) is 54.0 Å². The molecule has 0 radical (unpaired) electrons. The van der Waals surface area contributed by atoms with Gasteiger partial charge in [-0.3, -0.25) is 9.52 Å². The molecule has 0 unspecified atom stereocenters. The maximum Gasteiger partial charge on any atom is 0.237 e. The molecule has 0 saturated carbocycles. The Hall–Kier alpha value is -2.35. The number of hydrogen-bond donors (Lipinski definition) is 1. The summed E-state index contributed by atoms with van der Waals surface area (Å²) in [6.07, 6.45) is 1.93. The summed E-state index contributed by atoms with van der Waals surface area (Å²) in [5, 5.41) is 4.88. The number of sulfonamides is 1. The molecule has 0 saturated heterocycles. The zero-order valence-corrected chi connectivity index (χ0v) is 18.1. The van der Waals surface area contributed by atoms with Crippen molar-refractivity contribution in [3.8, 4) is 0 Å². The Labute approximate surface area is 178 Å². The second-order valence-electron chi connectivity index (χ2n) is 6.81. The van der Waals surface area contributed by atoms with Gasteiger partial charge in [0.2, 0.25) is 15.9 Å². The number of nitrogens with zero attached hydrogens (tertiary/aromatic N) is 1. The van der Waals surface area contributed by atoms with Crippen LogP contribution in [0.25, 0.3) is 21.0 Å². The highest BCUT2D eigenvalue weighted by Crippen LogP contribution is 2.31. The first-order valence-corrected chi connectivity index (χ1v) is 12.0. The lowest BCUT2D eigenvalue weighted by Gasteiger charge is -2.05. The average molecular weight is 447 g/mol.